The fourth-order valence-corrected chi connectivity index (χ4v) is 3.41. The highest BCUT2D eigenvalue weighted by Gasteiger charge is 2.17. The molecule has 1 heterocycles. The molecule has 0 radical (unpaired) electrons. The molecule has 0 bridgehead atoms. The number of hydrogen-bond donors (Lipinski definition) is 1. The van der Waals surface area contributed by atoms with Crippen molar-refractivity contribution in [3.05, 3.63) is 83.1 Å². The van der Waals surface area contributed by atoms with E-state index in [9.17, 15) is 9.50 Å². The zero-order chi connectivity index (χ0) is 18.3. The van der Waals surface area contributed by atoms with Crippen LogP contribution in [0.15, 0.2) is 66.7 Å². The minimum Gasteiger partial charge on any atom is -0.508 e. The molecule has 4 rings (SSSR count). The van der Waals surface area contributed by atoms with Gasteiger partial charge in [0.2, 0.25) is 0 Å². The molecule has 1 N–H and O–H groups in total. The quantitative estimate of drug-likeness (QED) is 0.402. The van der Waals surface area contributed by atoms with Gasteiger partial charge in [0.1, 0.15) is 11.6 Å². The number of pyridine rings is 1. The summed E-state index contributed by atoms with van der Waals surface area (Å²) in [5, 5.41) is 10.9. The molecule has 0 amide bonds. The normalized spacial score (nSPS) is 10.6. The molecule has 0 spiro atoms. The monoisotopic (exact) mass is 399 g/mol. The molecule has 27 heavy (non-hydrogen) atoms. The summed E-state index contributed by atoms with van der Waals surface area (Å²) in [4.78, 5) is 4.77. The van der Waals surface area contributed by atoms with Crippen molar-refractivity contribution in [2.45, 2.75) is 6.92 Å². The highest BCUT2D eigenvalue weighted by Crippen LogP contribution is 2.38. The smallest absolute Gasteiger partial charge is 0.131 e. The Kier molecular flexibility index (Phi) is 5.36. The Bertz CT molecular complexity index is 1130. The van der Waals surface area contributed by atoms with Crippen molar-refractivity contribution >= 4 is 34.9 Å². The maximum absolute atomic E-state index is 14.6. The fraction of sp³-hybridized carbons (Fsp3) is 0.0455. The Morgan fingerprint density at radius 3 is 2.37 bits per heavy atom. The van der Waals surface area contributed by atoms with Gasteiger partial charge in [-0.2, -0.15) is 0 Å². The van der Waals surface area contributed by atoms with Crippen LogP contribution in [0.2, 0.25) is 5.02 Å². The number of halogens is 3. The number of fused-ring (bicyclic) bond motifs is 1. The average molecular weight is 400 g/mol. The lowest BCUT2D eigenvalue weighted by atomic mass is 9.92. The van der Waals surface area contributed by atoms with Crippen molar-refractivity contribution in [1.29, 1.82) is 0 Å². The Labute approximate surface area is 167 Å². The van der Waals surface area contributed by atoms with Crippen LogP contribution in [0.25, 0.3) is 33.3 Å². The summed E-state index contributed by atoms with van der Waals surface area (Å²) >= 11 is 6.20. The first-order valence-corrected chi connectivity index (χ1v) is 8.56. The number of aromatic nitrogens is 1. The van der Waals surface area contributed by atoms with Crippen molar-refractivity contribution in [3.8, 4) is 28.1 Å². The third-order valence-corrected chi connectivity index (χ3v) is 4.71. The van der Waals surface area contributed by atoms with Crippen molar-refractivity contribution in [1.82, 2.24) is 4.98 Å². The maximum atomic E-state index is 14.6. The van der Waals surface area contributed by atoms with Crippen LogP contribution < -0.4 is 0 Å². The van der Waals surface area contributed by atoms with Gasteiger partial charge < -0.3 is 5.11 Å². The molecule has 3 aromatic carbocycles. The molecule has 2 nitrogen and oxygen atoms in total. The first-order valence-electron chi connectivity index (χ1n) is 8.19. The van der Waals surface area contributed by atoms with Gasteiger partial charge in [-0.25, -0.2) is 9.37 Å². The molecular weight excluding hydrogens is 384 g/mol. The van der Waals surface area contributed by atoms with Gasteiger partial charge in [0.05, 0.1) is 11.2 Å². The summed E-state index contributed by atoms with van der Waals surface area (Å²) in [7, 11) is 0. The summed E-state index contributed by atoms with van der Waals surface area (Å²) in [6.07, 6.45) is 0. The second-order valence-electron chi connectivity index (χ2n) is 6.15. The summed E-state index contributed by atoms with van der Waals surface area (Å²) in [6, 6.07) is 19.0. The van der Waals surface area contributed by atoms with Gasteiger partial charge in [-0.1, -0.05) is 29.8 Å². The molecule has 0 aliphatic rings. The second-order valence-corrected chi connectivity index (χ2v) is 6.59. The third-order valence-electron chi connectivity index (χ3n) is 4.47. The van der Waals surface area contributed by atoms with E-state index in [1.54, 1.807) is 42.5 Å². The molecule has 0 saturated carbocycles. The molecule has 0 aliphatic heterocycles. The predicted octanol–water partition coefficient (Wildman–Crippen LogP) is 6.80. The molecule has 136 valence electrons. The molecule has 0 fully saturated rings. The number of rotatable bonds is 2. The van der Waals surface area contributed by atoms with Crippen molar-refractivity contribution in [2.24, 2.45) is 0 Å². The lowest BCUT2D eigenvalue weighted by Crippen LogP contribution is -1.97. The number of benzene rings is 3. The zero-order valence-corrected chi connectivity index (χ0v) is 16.0. The molecule has 0 aliphatic carbocycles. The van der Waals surface area contributed by atoms with Crippen molar-refractivity contribution in [3.63, 3.8) is 0 Å². The van der Waals surface area contributed by atoms with Crippen LogP contribution in [0.3, 0.4) is 0 Å². The third kappa shape index (κ3) is 3.48. The lowest BCUT2D eigenvalue weighted by Gasteiger charge is -2.16. The lowest BCUT2D eigenvalue weighted by molar-refractivity contribution is 0.475. The molecule has 0 atom stereocenters. The Morgan fingerprint density at radius 1 is 0.963 bits per heavy atom. The summed E-state index contributed by atoms with van der Waals surface area (Å²) in [5.41, 5.74) is 4.49. The molecule has 4 aromatic rings. The van der Waals surface area contributed by atoms with Gasteiger partial charge in [0.25, 0.3) is 0 Å². The van der Waals surface area contributed by atoms with E-state index in [0.717, 1.165) is 33.3 Å². The first-order chi connectivity index (χ1) is 12.5. The minimum atomic E-state index is -0.292. The highest BCUT2D eigenvalue weighted by atomic mass is 35.5. The van der Waals surface area contributed by atoms with Crippen LogP contribution >= 0.6 is 24.0 Å². The number of phenolic OH excluding ortho intramolecular Hbond substituents is 1. The van der Waals surface area contributed by atoms with Gasteiger partial charge in [-0.3, -0.25) is 0 Å². The van der Waals surface area contributed by atoms with Gasteiger partial charge in [0.15, 0.2) is 0 Å². The Hall–Kier alpha value is -2.62. The molecule has 0 saturated heterocycles. The largest absolute Gasteiger partial charge is 0.508 e. The summed E-state index contributed by atoms with van der Waals surface area (Å²) < 4.78 is 14.6. The van der Waals surface area contributed by atoms with E-state index < -0.39 is 0 Å². The summed E-state index contributed by atoms with van der Waals surface area (Å²) in [6.45, 7) is 1.93. The standard InChI is InChI=1S/C22H15ClFNO.ClH/c1-13-21(17-4-2-3-5-19(17)24)18-12-15(23)8-11-20(18)25-22(13)14-6-9-16(26)10-7-14;/h2-12,26H,1H3;1H. The van der Waals surface area contributed by atoms with Crippen LogP contribution in [0.4, 0.5) is 4.39 Å². The number of phenols is 1. The van der Waals surface area contributed by atoms with Crippen molar-refractivity contribution < 1.29 is 9.50 Å². The molecular formula is C22H16Cl2FNO. The zero-order valence-electron chi connectivity index (χ0n) is 14.4. The highest BCUT2D eigenvalue weighted by molar-refractivity contribution is 6.31. The maximum Gasteiger partial charge on any atom is 0.131 e. The summed E-state index contributed by atoms with van der Waals surface area (Å²) in [5.74, 6) is -0.104. The van der Waals surface area contributed by atoms with Crippen LogP contribution in [-0.2, 0) is 0 Å². The molecule has 1 aromatic heterocycles. The van der Waals surface area contributed by atoms with E-state index >= 15 is 0 Å². The Balaban J connectivity index is 0.00000210. The Morgan fingerprint density at radius 2 is 1.67 bits per heavy atom. The first kappa shape index (κ1) is 19.2. The van der Waals surface area contributed by atoms with Gasteiger partial charge >= 0.3 is 0 Å². The fourth-order valence-electron chi connectivity index (χ4n) is 3.24. The average Bonchev–Trinajstić information content (AvgIpc) is 2.63. The van der Waals surface area contributed by atoms with Crippen LogP contribution in [-0.4, -0.2) is 10.1 Å². The second kappa shape index (κ2) is 7.55. The van der Waals surface area contributed by atoms with Gasteiger partial charge in [-0.15, -0.1) is 12.4 Å². The number of hydrogen-bond acceptors (Lipinski definition) is 2. The van der Waals surface area contributed by atoms with Gasteiger partial charge in [0, 0.05) is 21.5 Å². The van der Waals surface area contributed by atoms with E-state index in [2.05, 4.69) is 0 Å². The van der Waals surface area contributed by atoms with Crippen LogP contribution in [0.1, 0.15) is 5.56 Å². The van der Waals surface area contributed by atoms with Gasteiger partial charge in [-0.05, 0) is 66.6 Å². The van der Waals surface area contributed by atoms with E-state index in [-0.39, 0.29) is 24.0 Å². The van der Waals surface area contributed by atoms with Crippen LogP contribution in [0.5, 0.6) is 5.75 Å². The van der Waals surface area contributed by atoms with E-state index in [1.165, 1.54) is 6.07 Å². The topological polar surface area (TPSA) is 33.1 Å². The molecule has 0 unspecified atom stereocenters. The van der Waals surface area contributed by atoms with E-state index in [4.69, 9.17) is 16.6 Å². The van der Waals surface area contributed by atoms with E-state index in [1.807, 2.05) is 25.1 Å². The number of aromatic hydroxyl groups is 1. The van der Waals surface area contributed by atoms with Crippen molar-refractivity contribution in [2.75, 3.05) is 0 Å². The van der Waals surface area contributed by atoms with E-state index in [0.29, 0.717) is 10.6 Å². The minimum absolute atomic E-state index is 0. The number of nitrogens with zero attached hydrogens (tertiary/aromatic N) is 1. The molecule has 5 heteroatoms. The van der Waals surface area contributed by atoms with Crippen LogP contribution in [0, 0.1) is 12.7 Å². The predicted molar refractivity (Wildman–Crippen MR) is 111 cm³/mol. The SMILES string of the molecule is Cc1c(-c2ccc(O)cc2)nc2ccc(Cl)cc2c1-c1ccccc1F.Cl.